The van der Waals surface area contributed by atoms with Crippen molar-refractivity contribution in [2.45, 2.75) is 26.8 Å². The molecule has 20 heavy (non-hydrogen) atoms. The molecule has 0 atom stereocenters. The van der Waals surface area contributed by atoms with E-state index in [4.69, 9.17) is 0 Å². The number of nitro benzene ring substituents is 1. The predicted molar refractivity (Wildman–Crippen MR) is 78.8 cm³/mol. The van der Waals surface area contributed by atoms with Crippen LogP contribution in [0.2, 0.25) is 0 Å². The Bertz CT molecular complexity index is 626. The second-order valence-electron chi connectivity index (χ2n) is 4.54. The van der Waals surface area contributed by atoms with Gasteiger partial charge >= 0.3 is 0 Å². The Morgan fingerprint density at radius 1 is 1.30 bits per heavy atom. The molecule has 0 radical (unpaired) electrons. The summed E-state index contributed by atoms with van der Waals surface area (Å²) in [7, 11) is 0. The lowest BCUT2D eigenvalue weighted by Crippen LogP contribution is -2.07. The number of nitrogens with one attached hydrogen (secondary N) is 1. The van der Waals surface area contributed by atoms with E-state index in [0.29, 0.717) is 17.8 Å². The van der Waals surface area contributed by atoms with Crippen molar-refractivity contribution < 1.29 is 4.92 Å². The molecule has 0 bridgehead atoms. The van der Waals surface area contributed by atoms with Crippen LogP contribution < -0.4 is 5.32 Å². The van der Waals surface area contributed by atoms with E-state index in [9.17, 15) is 10.1 Å². The number of aryl methyl sites for hydroxylation is 2. The second-order valence-corrected chi connectivity index (χ2v) is 4.54. The molecular weight excluding hydrogens is 254 g/mol. The van der Waals surface area contributed by atoms with Crippen molar-refractivity contribution in [3.63, 3.8) is 0 Å². The number of pyridine rings is 1. The minimum Gasteiger partial charge on any atom is -0.374 e. The Balaban J connectivity index is 2.23. The van der Waals surface area contributed by atoms with Crippen LogP contribution in [-0.4, -0.2) is 9.91 Å². The number of para-hydroxylation sites is 1. The summed E-state index contributed by atoms with van der Waals surface area (Å²) in [5.41, 5.74) is 3.38. The molecule has 0 aliphatic carbocycles. The molecule has 0 fully saturated rings. The fourth-order valence-corrected chi connectivity index (χ4v) is 2.18. The van der Waals surface area contributed by atoms with Gasteiger partial charge in [-0.05, 0) is 31.0 Å². The van der Waals surface area contributed by atoms with Crippen molar-refractivity contribution in [1.82, 2.24) is 4.98 Å². The van der Waals surface area contributed by atoms with Gasteiger partial charge in [0.15, 0.2) is 0 Å². The summed E-state index contributed by atoms with van der Waals surface area (Å²) in [6.45, 7) is 4.28. The topological polar surface area (TPSA) is 68.1 Å². The molecule has 5 heteroatoms. The third-order valence-corrected chi connectivity index (χ3v) is 3.23. The van der Waals surface area contributed by atoms with Crippen molar-refractivity contribution >= 4 is 11.4 Å². The minimum absolute atomic E-state index is 0.126. The lowest BCUT2D eigenvalue weighted by atomic mass is 10.1. The molecule has 104 valence electrons. The summed E-state index contributed by atoms with van der Waals surface area (Å²) in [5.74, 6) is 0. The van der Waals surface area contributed by atoms with Crippen molar-refractivity contribution in [2.24, 2.45) is 0 Å². The lowest BCUT2D eigenvalue weighted by molar-refractivity contribution is -0.384. The molecule has 0 unspecified atom stereocenters. The summed E-state index contributed by atoms with van der Waals surface area (Å²) in [5, 5.41) is 14.2. The Morgan fingerprint density at radius 3 is 2.80 bits per heavy atom. The van der Waals surface area contributed by atoms with Crippen LogP contribution in [0.3, 0.4) is 0 Å². The Kier molecular flexibility index (Phi) is 4.30. The molecule has 2 aromatic rings. The van der Waals surface area contributed by atoms with Crippen LogP contribution in [0.4, 0.5) is 11.4 Å². The molecule has 0 amide bonds. The molecule has 0 spiro atoms. The molecule has 0 aliphatic heterocycles. The summed E-state index contributed by atoms with van der Waals surface area (Å²) >= 11 is 0. The number of anilines is 1. The van der Waals surface area contributed by atoms with Crippen LogP contribution >= 0.6 is 0 Å². The van der Waals surface area contributed by atoms with Crippen molar-refractivity contribution in [3.05, 3.63) is 63.5 Å². The Labute approximate surface area is 117 Å². The standard InChI is InChI=1S/C15H17N3O2/c1-3-12-7-5-9-16-14(12)10-17-13-8-4-6-11(2)15(13)18(19)20/h4-9,17H,3,10H2,1-2H3. The number of aromatic nitrogens is 1. The van der Waals surface area contributed by atoms with Crippen molar-refractivity contribution in [1.29, 1.82) is 0 Å². The van der Waals surface area contributed by atoms with E-state index in [-0.39, 0.29) is 10.6 Å². The van der Waals surface area contributed by atoms with Gasteiger partial charge in [-0.15, -0.1) is 0 Å². The first-order valence-electron chi connectivity index (χ1n) is 6.54. The molecule has 5 nitrogen and oxygen atoms in total. The van der Waals surface area contributed by atoms with Crippen LogP contribution in [0.5, 0.6) is 0 Å². The summed E-state index contributed by atoms with van der Waals surface area (Å²) in [6, 6.07) is 9.19. The zero-order chi connectivity index (χ0) is 14.5. The van der Waals surface area contributed by atoms with Gasteiger partial charge in [0.1, 0.15) is 5.69 Å². The number of hydrogen-bond donors (Lipinski definition) is 1. The summed E-state index contributed by atoms with van der Waals surface area (Å²) in [6.07, 6.45) is 2.63. The van der Waals surface area contributed by atoms with Gasteiger partial charge in [-0.3, -0.25) is 15.1 Å². The smallest absolute Gasteiger partial charge is 0.295 e. The fraction of sp³-hybridized carbons (Fsp3) is 0.267. The highest BCUT2D eigenvalue weighted by atomic mass is 16.6. The van der Waals surface area contributed by atoms with Crippen LogP contribution in [0, 0.1) is 17.0 Å². The van der Waals surface area contributed by atoms with Crippen molar-refractivity contribution in [2.75, 3.05) is 5.32 Å². The Morgan fingerprint density at radius 2 is 2.10 bits per heavy atom. The second kappa shape index (κ2) is 6.14. The number of nitrogens with zero attached hydrogens (tertiary/aromatic N) is 2. The monoisotopic (exact) mass is 271 g/mol. The van der Waals surface area contributed by atoms with Crippen molar-refractivity contribution in [3.8, 4) is 0 Å². The maximum Gasteiger partial charge on any atom is 0.295 e. The third-order valence-electron chi connectivity index (χ3n) is 3.23. The zero-order valence-electron chi connectivity index (χ0n) is 11.6. The summed E-state index contributed by atoms with van der Waals surface area (Å²) < 4.78 is 0. The number of rotatable bonds is 5. The van der Waals surface area contributed by atoms with Crippen LogP contribution in [-0.2, 0) is 13.0 Å². The highest BCUT2D eigenvalue weighted by Crippen LogP contribution is 2.28. The SMILES string of the molecule is CCc1cccnc1CNc1cccc(C)c1[N+](=O)[O-]. The Hall–Kier alpha value is -2.43. The minimum atomic E-state index is -0.350. The fourth-order valence-electron chi connectivity index (χ4n) is 2.18. The van der Waals surface area contributed by atoms with Gasteiger partial charge < -0.3 is 5.32 Å². The van der Waals surface area contributed by atoms with Gasteiger partial charge in [-0.1, -0.05) is 25.1 Å². The molecule has 1 aromatic carbocycles. The number of benzene rings is 1. The van der Waals surface area contributed by atoms with Gasteiger partial charge in [0.25, 0.3) is 5.69 Å². The van der Waals surface area contributed by atoms with Gasteiger partial charge in [-0.25, -0.2) is 0 Å². The van der Waals surface area contributed by atoms with Gasteiger partial charge in [0.2, 0.25) is 0 Å². The largest absolute Gasteiger partial charge is 0.374 e. The molecule has 0 aliphatic rings. The molecular formula is C15H17N3O2. The molecule has 2 rings (SSSR count). The van der Waals surface area contributed by atoms with Crippen LogP contribution in [0.1, 0.15) is 23.7 Å². The maximum atomic E-state index is 11.1. The zero-order valence-corrected chi connectivity index (χ0v) is 11.6. The van der Waals surface area contributed by atoms with E-state index in [1.54, 1.807) is 25.3 Å². The highest BCUT2D eigenvalue weighted by Gasteiger charge is 2.16. The molecule has 0 saturated heterocycles. The first kappa shape index (κ1) is 14.0. The molecule has 1 N–H and O–H groups in total. The average molecular weight is 271 g/mol. The summed E-state index contributed by atoms with van der Waals surface area (Å²) in [4.78, 5) is 15.1. The van der Waals surface area contributed by atoms with Gasteiger partial charge in [0, 0.05) is 11.8 Å². The molecule has 1 aromatic heterocycles. The lowest BCUT2D eigenvalue weighted by Gasteiger charge is -2.10. The number of hydrogen-bond acceptors (Lipinski definition) is 4. The van der Waals surface area contributed by atoms with E-state index in [1.807, 2.05) is 18.2 Å². The first-order chi connectivity index (χ1) is 9.63. The van der Waals surface area contributed by atoms with E-state index < -0.39 is 0 Å². The molecule has 0 saturated carbocycles. The highest BCUT2D eigenvalue weighted by molar-refractivity contribution is 5.65. The van der Waals surface area contributed by atoms with Gasteiger partial charge in [-0.2, -0.15) is 0 Å². The van der Waals surface area contributed by atoms with E-state index in [2.05, 4.69) is 17.2 Å². The maximum absolute atomic E-state index is 11.1. The van der Waals surface area contributed by atoms with Crippen LogP contribution in [0.15, 0.2) is 36.5 Å². The van der Waals surface area contributed by atoms with E-state index >= 15 is 0 Å². The average Bonchev–Trinajstić information content (AvgIpc) is 2.45. The quantitative estimate of drug-likeness (QED) is 0.667. The third kappa shape index (κ3) is 2.93. The molecule has 1 heterocycles. The van der Waals surface area contributed by atoms with Crippen LogP contribution in [0.25, 0.3) is 0 Å². The first-order valence-corrected chi connectivity index (χ1v) is 6.54. The predicted octanol–water partition coefficient (Wildman–Crippen LogP) is 3.47. The normalized spacial score (nSPS) is 10.3. The van der Waals surface area contributed by atoms with E-state index in [0.717, 1.165) is 17.7 Å². The van der Waals surface area contributed by atoms with Gasteiger partial charge in [0.05, 0.1) is 17.2 Å². The number of nitro groups is 1. The van der Waals surface area contributed by atoms with E-state index in [1.165, 1.54) is 0 Å².